The Balaban J connectivity index is 1.85. The van der Waals surface area contributed by atoms with Crippen molar-refractivity contribution in [3.63, 3.8) is 0 Å². The highest BCUT2D eigenvalue weighted by atomic mass is 16.5. The van der Waals surface area contributed by atoms with E-state index in [9.17, 15) is 5.11 Å². The topological polar surface area (TPSA) is 45.7 Å². The maximum absolute atomic E-state index is 9.21. The third-order valence-corrected chi connectivity index (χ3v) is 2.28. The van der Waals surface area contributed by atoms with Crippen LogP contribution in [0.25, 0.3) is 0 Å². The summed E-state index contributed by atoms with van der Waals surface area (Å²) in [6.07, 6.45) is 3.96. The number of nitrogens with zero attached hydrogens (tertiary/aromatic N) is 1. The summed E-state index contributed by atoms with van der Waals surface area (Å²) < 4.78 is 4.74. The van der Waals surface area contributed by atoms with Gasteiger partial charge in [0.25, 0.3) is 5.95 Å². The van der Waals surface area contributed by atoms with E-state index in [0.29, 0.717) is 12.1 Å². The first-order valence-corrected chi connectivity index (χ1v) is 5.16. The molecule has 0 unspecified atom stereocenters. The monoisotopic (exact) mass is 215 g/mol. The molecule has 0 amide bonds. The van der Waals surface area contributed by atoms with Gasteiger partial charge in [0, 0.05) is 12.8 Å². The van der Waals surface area contributed by atoms with Gasteiger partial charge in [-0.25, -0.2) is 0 Å². The standard InChI is InChI=1S/C13H13NO2/c15-13-12(7-9-16-13)10-14-8-6-11-4-2-1-3-5-11/h1-5,7,9-10,15H,6,8H2. The fraction of sp³-hybridized carbons (Fsp3) is 0.154. The molecular formula is C13H13NO2. The van der Waals surface area contributed by atoms with Gasteiger partial charge in [-0.1, -0.05) is 30.3 Å². The smallest absolute Gasteiger partial charge is 0.290 e. The Morgan fingerprint density at radius 1 is 1.19 bits per heavy atom. The van der Waals surface area contributed by atoms with Crippen LogP contribution in [0.2, 0.25) is 0 Å². The van der Waals surface area contributed by atoms with Gasteiger partial charge >= 0.3 is 0 Å². The molecular weight excluding hydrogens is 202 g/mol. The molecule has 1 heterocycles. The summed E-state index contributed by atoms with van der Waals surface area (Å²) in [5.41, 5.74) is 1.88. The fourth-order valence-electron chi connectivity index (χ4n) is 1.41. The van der Waals surface area contributed by atoms with E-state index in [2.05, 4.69) is 17.1 Å². The van der Waals surface area contributed by atoms with Gasteiger partial charge in [-0.2, -0.15) is 0 Å². The zero-order valence-electron chi connectivity index (χ0n) is 8.84. The van der Waals surface area contributed by atoms with Crippen molar-refractivity contribution < 1.29 is 9.52 Å². The van der Waals surface area contributed by atoms with Crippen LogP contribution >= 0.6 is 0 Å². The second-order valence-corrected chi connectivity index (χ2v) is 3.45. The Morgan fingerprint density at radius 3 is 2.69 bits per heavy atom. The minimum Gasteiger partial charge on any atom is -0.480 e. The van der Waals surface area contributed by atoms with E-state index in [1.165, 1.54) is 11.8 Å². The SMILES string of the molecule is Oc1occc1C=NCCc1ccccc1. The van der Waals surface area contributed by atoms with E-state index >= 15 is 0 Å². The van der Waals surface area contributed by atoms with Gasteiger partial charge in [0.05, 0.1) is 11.8 Å². The van der Waals surface area contributed by atoms with Gasteiger partial charge in [-0.15, -0.1) is 0 Å². The molecule has 1 N–H and O–H groups in total. The van der Waals surface area contributed by atoms with E-state index in [0.717, 1.165) is 6.42 Å². The summed E-state index contributed by atoms with van der Waals surface area (Å²) >= 11 is 0. The number of rotatable bonds is 4. The highest BCUT2D eigenvalue weighted by molar-refractivity contribution is 5.81. The molecule has 0 fully saturated rings. The van der Waals surface area contributed by atoms with Crippen molar-refractivity contribution in [3.8, 4) is 5.95 Å². The summed E-state index contributed by atoms with van der Waals surface area (Å²) in [7, 11) is 0. The number of hydrogen-bond donors (Lipinski definition) is 1. The van der Waals surface area contributed by atoms with Gasteiger partial charge in [-0.05, 0) is 18.1 Å². The number of aromatic hydroxyl groups is 1. The first kappa shape index (κ1) is 10.5. The zero-order valence-corrected chi connectivity index (χ0v) is 8.84. The molecule has 1 aromatic carbocycles. The van der Waals surface area contributed by atoms with Crippen LogP contribution in [-0.2, 0) is 6.42 Å². The minimum absolute atomic E-state index is 0.0801. The van der Waals surface area contributed by atoms with Crippen molar-refractivity contribution in [1.29, 1.82) is 0 Å². The maximum Gasteiger partial charge on any atom is 0.290 e. The maximum atomic E-state index is 9.21. The number of aliphatic imine (C=N–C) groups is 1. The highest BCUT2D eigenvalue weighted by Crippen LogP contribution is 2.14. The molecule has 16 heavy (non-hydrogen) atoms. The van der Waals surface area contributed by atoms with E-state index in [1.54, 1.807) is 12.3 Å². The van der Waals surface area contributed by atoms with Crippen LogP contribution in [0.4, 0.5) is 0 Å². The first-order chi connectivity index (χ1) is 7.86. The normalized spacial score (nSPS) is 11.0. The van der Waals surface area contributed by atoms with Crippen LogP contribution in [0, 0.1) is 0 Å². The fourth-order valence-corrected chi connectivity index (χ4v) is 1.41. The molecule has 82 valence electrons. The Kier molecular flexibility index (Phi) is 3.38. The summed E-state index contributed by atoms with van der Waals surface area (Å²) in [4.78, 5) is 4.22. The minimum atomic E-state index is -0.0801. The second kappa shape index (κ2) is 5.16. The summed E-state index contributed by atoms with van der Waals surface area (Å²) in [5.74, 6) is -0.0801. The summed E-state index contributed by atoms with van der Waals surface area (Å²) in [5, 5.41) is 9.21. The van der Waals surface area contributed by atoms with Crippen LogP contribution in [0.5, 0.6) is 5.95 Å². The van der Waals surface area contributed by atoms with E-state index in [1.807, 2.05) is 18.2 Å². The predicted octanol–water partition coefficient (Wildman–Crippen LogP) is 2.65. The largest absolute Gasteiger partial charge is 0.480 e. The number of hydrogen-bond acceptors (Lipinski definition) is 3. The molecule has 0 bridgehead atoms. The molecule has 2 aromatic rings. The van der Waals surface area contributed by atoms with Crippen molar-refractivity contribution in [1.82, 2.24) is 0 Å². The van der Waals surface area contributed by atoms with Crippen molar-refractivity contribution in [2.24, 2.45) is 4.99 Å². The molecule has 2 rings (SSSR count). The molecule has 0 aliphatic carbocycles. The van der Waals surface area contributed by atoms with Crippen LogP contribution in [0.3, 0.4) is 0 Å². The molecule has 1 aromatic heterocycles. The molecule has 0 spiro atoms. The second-order valence-electron chi connectivity index (χ2n) is 3.45. The lowest BCUT2D eigenvalue weighted by Crippen LogP contribution is -1.89. The van der Waals surface area contributed by atoms with Gasteiger partial charge < -0.3 is 9.52 Å². The van der Waals surface area contributed by atoms with Crippen molar-refractivity contribution in [3.05, 3.63) is 53.8 Å². The molecule has 0 saturated carbocycles. The van der Waals surface area contributed by atoms with Crippen molar-refractivity contribution in [2.75, 3.05) is 6.54 Å². The van der Waals surface area contributed by atoms with Crippen LogP contribution in [-0.4, -0.2) is 17.9 Å². The first-order valence-electron chi connectivity index (χ1n) is 5.16. The van der Waals surface area contributed by atoms with Crippen molar-refractivity contribution >= 4 is 6.21 Å². The van der Waals surface area contributed by atoms with Gasteiger partial charge in [0.15, 0.2) is 0 Å². The number of benzene rings is 1. The zero-order chi connectivity index (χ0) is 11.2. The van der Waals surface area contributed by atoms with Crippen LogP contribution in [0.15, 0.2) is 52.1 Å². The van der Waals surface area contributed by atoms with Crippen LogP contribution < -0.4 is 0 Å². The quantitative estimate of drug-likeness (QED) is 0.797. The molecule has 0 radical (unpaired) electrons. The van der Waals surface area contributed by atoms with Crippen LogP contribution in [0.1, 0.15) is 11.1 Å². The number of furan rings is 1. The van der Waals surface area contributed by atoms with Crippen molar-refractivity contribution in [2.45, 2.75) is 6.42 Å². The van der Waals surface area contributed by atoms with E-state index in [4.69, 9.17) is 4.42 Å². The lowest BCUT2D eigenvalue weighted by atomic mass is 10.2. The third kappa shape index (κ3) is 2.73. The Hall–Kier alpha value is -2.03. The Morgan fingerprint density at radius 2 is 2.00 bits per heavy atom. The lowest BCUT2D eigenvalue weighted by Gasteiger charge is -1.96. The Bertz CT molecular complexity index is 460. The molecule has 0 aliphatic rings. The molecule has 0 atom stereocenters. The van der Waals surface area contributed by atoms with Gasteiger partial charge in [0.2, 0.25) is 0 Å². The van der Waals surface area contributed by atoms with Gasteiger partial charge in [0.1, 0.15) is 0 Å². The summed E-state index contributed by atoms with van der Waals surface area (Å²) in [6.45, 7) is 0.703. The predicted molar refractivity (Wildman–Crippen MR) is 63.0 cm³/mol. The molecule has 0 saturated heterocycles. The highest BCUT2D eigenvalue weighted by Gasteiger charge is 1.99. The lowest BCUT2D eigenvalue weighted by molar-refractivity contribution is 0.332. The average molecular weight is 215 g/mol. The molecule has 3 heteroatoms. The summed E-state index contributed by atoms with van der Waals surface area (Å²) in [6, 6.07) is 11.9. The molecule has 0 aliphatic heterocycles. The molecule has 3 nitrogen and oxygen atoms in total. The van der Waals surface area contributed by atoms with E-state index in [-0.39, 0.29) is 5.95 Å². The average Bonchev–Trinajstić information content (AvgIpc) is 2.72. The third-order valence-electron chi connectivity index (χ3n) is 2.28. The van der Waals surface area contributed by atoms with E-state index < -0.39 is 0 Å². The Labute approximate surface area is 94.1 Å². The van der Waals surface area contributed by atoms with Gasteiger partial charge in [-0.3, -0.25) is 4.99 Å².